The van der Waals surface area contributed by atoms with Crippen molar-refractivity contribution < 1.29 is 14.3 Å². The summed E-state index contributed by atoms with van der Waals surface area (Å²) in [4.78, 5) is 10.6. The van der Waals surface area contributed by atoms with Gasteiger partial charge in [-0.3, -0.25) is 0 Å². The lowest BCUT2D eigenvalue weighted by Gasteiger charge is -2.08. The predicted octanol–water partition coefficient (Wildman–Crippen LogP) is 1.87. The molecule has 0 N–H and O–H groups in total. The van der Waals surface area contributed by atoms with Crippen molar-refractivity contribution in [3.8, 4) is 0 Å². The SMILES string of the molecule is C=CC(=O)OCC(Cl)COC=CC. The molecule has 0 spiro atoms. The summed E-state index contributed by atoms with van der Waals surface area (Å²) in [5.74, 6) is -0.475. The molecule has 4 heteroatoms. The second-order valence-electron chi connectivity index (χ2n) is 2.23. The molecule has 0 aromatic rings. The minimum Gasteiger partial charge on any atom is -0.500 e. The topological polar surface area (TPSA) is 35.5 Å². The molecule has 13 heavy (non-hydrogen) atoms. The molecule has 1 atom stereocenters. The first-order valence-corrected chi connectivity index (χ1v) is 4.30. The van der Waals surface area contributed by atoms with Gasteiger partial charge >= 0.3 is 5.97 Å². The molecule has 0 rings (SSSR count). The first-order chi connectivity index (χ1) is 6.20. The number of carbonyl (C=O) groups is 1. The number of hydrogen-bond donors (Lipinski definition) is 0. The molecule has 0 fully saturated rings. The number of alkyl halides is 1. The number of halogens is 1. The highest BCUT2D eigenvalue weighted by atomic mass is 35.5. The summed E-state index contributed by atoms with van der Waals surface area (Å²) in [6.07, 6.45) is 4.38. The van der Waals surface area contributed by atoms with Gasteiger partial charge in [0, 0.05) is 6.08 Å². The molecular formula is C9H13ClO3. The van der Waals surface area contributed by atoms with Crippen molar-refractivity contribution in [2.24, 2.45) is 0 Å². The minimum absolute atomic E-state index is 0.129. The molecule has 0 bridgehead atoms. The second-order valence-corrected chi connectivity index (χ2v) is 2.85. The molecule has 74 valence electrons. The van der Waals surface area contributed by atoms with Crippen molar-refractivity contribution in [3.63, 3.8) is 0 Å². The molecule has 0 aliphatic rings. The minimum atomic E-state index is -0.475. The maximum Gasteiger partial charge on any atom is 0.330 e. The number of hydrogen-bond acceptors (Lipinski definition) is 3. The van der Waals surface area contributed by atoms with E-state index < -0.39 is 5.97 Å². The number of rotatable bonds is 6. The van der Waals surface area contributed by atoms with Gasteiger partial charge in [0.25, 0.3) is 0 Å². The molecule has 0 heterocycles. The second kappa shape index (κ2) is 7.68. The van der Waals surface area contributed by atoms with Crippen LogP contribution in [0.25, 0.3) is 0 Å². The van der Waals surface area contributed by atoms with E-state index in [-0.39, 0.29) is 12.0 Å². The Hall–Kier alpha value is -0.960. The fraction of sp³-hybridized carbons (Fsp3) is 0.444. The third-order valence-electron chi connectivity index (χ3n) is 1.08. The Balaban J connectivity index is 3.45. The summed E-state index contributed by atoms with van der Waals surface area (Å²) in [6.45, 7) is 5.53. The van der Waals surface area contributed by atoms with Crippen molar-refractivity contribution in [2.75, 3.05) is 13.2 Å². The van der Waals surface area contributed by atoms with E-state index in [0.29, 0.717) is 6.61 Å². The van der Waals surface area contributed by atoms with Gasteiger partial charge < -0.3 is 9.47 Å². The molecule has 0 aliphatic carbocycles. The maximum atomic E-state index is 10.6. The zero-order chi connectivity index (χ0) is 10.1. The van der Waals surface area contributed by atoms with Crippen molar-refractivity contribution in [3.05, 3.63) is 25.0 Å². The summed E-state index contributed by atoms with van der Waals surface area (Å²) < 4.78 is 9.67. The molecule has 0 radical (unpaired) electrons. The van der Waals surface area contributed by atoms with Crippen LogP contribution in [0, 0.1) is 0 Å². The van der Waals surface area contributed by atoms with Gasteiger partial charge in [-0.2, -0.15) is 0 Å². The Kier molecular flexibility index (Phi) is 7.11. The number of allylic oxidation sites excluding steroid dienone is 1. The number of ether oxygens (including phenoxy) is 2. The highest BCUT2D eigenvalue weighted by Crippen LogP contribution is 1.98. The summed E-state index contributed by atoms with van der Waals surface area (Å²) in [7, 11) is 0. The van der Waals surface area contributed by atoms with Gasteiger partial charge in [0.15, 0.2) is 0 Å². The lowest BCUT2D eigenvalue weighted by molar-refractivity contribution is -0.137. The molecule has 0 saturated carbocycles. The third kappa shape index (κ3) is 7.40. The first kappa shape index (κ1) is 12.0. The van der Waals surface area contributed by atoms with Crippen LogP contribution < -0.4 is 0 Å². The van der Waals surface area contributed by atoms with E-state index in [1.165, 1.54) is 6.26 Å². The van der Waals surface area contributed by atoms with Crippen molar-refractivity contribution in [2.45, 2.75) is 12.3 Å². The van der Waals surface area contributed by atoms with E-state index in [2.05, 4.69) is 6.58 Å². The van der Waals surface area contributed by atoms with E-state index in [4.69, 9.17) is 21.1 Å². The van der Waals surface area contributed by atoms with Crippen LogP contribution in [-0.4, -0.2) is 24.6 Å². The highest BCUT2D eigenvalue weighted by Gasteiger charge is 2.06. The molecule has 0 saturated heterocycles. The average Bonchev–Trinajstić information content (AvgIpc) is 2.14. The molecule has 0 aromatic heterocycles. The van der Waals surface area contributed by atoms with Gasteiger partial charge in [-0.1, -0.05) is 12.7 Å². The van der Waals surface area contributed by atoms with Crippen LogP contribution in [0.3, 0.4) is 0 Å². The van der Waals surface area contributed by atoms with E-state index in [1.54, 1.807) is 6.08 Å². The summed E-state index contributed by atoms with van der Waals surface area (Å²) in [5.41, 5.74) is 0. The largest absolute Gasteiger partial charge is 0.500 e. The highest BCUT2D eigenvalue weighted by molar-refractivity contribution is 6.20. The average molecular weight is 205 g/mol. The Morgan fingerprint density at radius 1 is 1.62 bits per heavy atom. The standard InChI is InChI=1S/C9H13ClO3/c1-3-5-12-6-8(10)7-13-9(11)4-2/h3-5,8H,2,6-7H2,1H3. The molecule has 0 aliphatic heterocycles. The predicted molar refractivity (Wildman–Crippen MR) is 51.6 cm³/mol. The molecule has 0 aromatic carbocycles. The van der Waals surface area contributed by atoms with Gasteiger partial charge in [0.1, 0.15) is 18.6 Å². The number of esters is 1. The van der Waals surface area contributed by atoms with E-state index >= 15 is 0 Å². The van der Waals surface area contributed by atoms with Gasteiger partial charge in [0.2, 0.25) is 0 Å². The van der Waals surface area contributed by atoms with E-state index in [9.17, 15) is 4.79 Å². The Morgan fingerprint density at radius 3 is 2.85 bits per heavy atom. The van der Waals surface area contributed by atoms with Crippen LogP contribution in [0.2, 0.25) is 0 Å². The molecule has 3 nitrogen and oxygen atoms in total. The molecule has 1 unspecified atom stereocenters. The zero-order valence-electron chi connectivity index (χ0n) is 7.53. The Morgan fingerprint density at radius 2 is 2.31 bits per heavy atom. The van der Waals surface area contributed by atoms with Gasteiger partial charge in [0.05, 0.1) is 6.26 Å². The molecular weight excluding hydrogens is 192 g/mol. The normalized spacial score (nSPS) is 12.5. The van der Waals surface area contributed by atoms with Crippen LogP contribution in [0.1, 0.15) is 6.92 Å². The smallest absolute Gasteiger partial charge is 0.330 e. The van der Waals surface area contributed by atoms with Gasteiger partial charge in [-0.25, -0.2) is 4.79 Å². The van der Waals surface area contributed by atoms with Crippen LogP contribution >= 0.6 is 11.6 Å². The lowest BCUT2D eigenvalue weighted by atomic mass is 10.5. The summed E-state index contributed by atoms with van der Waals surface area (Å²) in [6, 6.07) is 0. The van der Waals surface area contributed by atoms with Gasteiger partial charge in [-0.15, -0.1) is 11.6 Å². The van der Waals surface area contributed by atoms with Crippen LogP contribution in [-0.2, 0) is 14.3 Å². The summed E-state index contributed by atoms with van der Waals surface area (Å²) >= 11 is 5.75. The van der Waals surface area contributed by atoms with Crippen molar-refractivity contribution in [1.82, 2.24) is 0 Å². The Bertz CT molecular complexity index is 189. The van der Waals surface area contributed by atoms with E-state index in [0.717, 1.165) is 6.08 Å². The first-order valence-electron chi connectivity index (χ1n) is 3.86. The fourth-order valence-electron chi connectivity index (χ4n) is 0.536. The van der Waals surface area contributed by atoms with Crippen LogP contribution in [0.15, 0.2) is 25.0 Å². The summed E-state index contributed by atoms with van der Waals surface area (Å²) in [5, 5.41) is -0.333. The fourth-order valence-corrected chi connectivity index (χ4v) is 0.672. The lowest BCUT2D eigenvalue weighted by Crippen LogP contribution is -2.16. The Labute approximate surface area is 83.0 Å². The zero-order valence-corrected chi connectivity index (χ0v) is 8.29. The monoisotopic (exact) mass is 204 g/mol. The number of carbonyl (C=O) groups excluding carboxylic acids is 1. The van der Waals surface area contributed by atoms with Crippen LogP contribution in [0.4, 0.5) is 0 Å². The third-order valence-corrected chi connectivity index (χ3v) is 1.33. The molecule has 0 amide bonds. The van der Waals surface area contributed by atoms with Crippen molar-refractivity contribution in [1.29, 1.82) is 0 Å². The quantitative estimate of drug-likeness (QED) is 0.287. The van der Waals surface area contributed by atoms with Gasteiger partial charge in [-0.05, 0) is 6.92 Å². The maximum absolute atomic E-state index is 10.6. The van der Waals surface area contributed by atoms with Crippen LogP contribution in [0.5, 0.6) is 0 Å². The van der Waals surface area contributed by atoms with Crippen molar-refractivity contribution >= 4 is 17.6 Å². The van der Waals surface area contributed by atoms with E-state index in [1.807, 2.05) is 6.92 Å².